The van der Waals surface area contributed by atoms with E-state index in [2.05, 4.69) is 63.7 Å². The molecule has 0 atom stereocenters. The lowest BCUT2D eigenvalue weighted by atomic mass is 9.78. The van der Waals surface area contributed by atoms with Crippen LogP contribution in [-0.4, -0.2) is 0 Å². The summed E-state index contributed by atoms with van der Waals surface area (Å²) >= 11 is 0. The van der Waals surface area contributed by atoms with Crippen LogP contribution < -0.4 is 4.57 Å². The van der Waals surface area contributed by atoms with Crippen LogP contribution in [0.5, 0.6) is 0 Å². The molecule has 1 aromatic carbocycles. The first-order valence-corrected chi connectivity index (χ1v) is 7.49. The topological polar surface area (TPSA) is 3.88 Å². The molecule has 20 heavy (non-hydrogen) atoms. The lowest BCUT2D eigenvalue weighted by Crippen LogP contribution is -2.32. The molecule has 1 nitrogen and oxygen atoms in total. The smallest absolute Gasteiger partial charge is 0.201 e. The Morgan fingerprint density at radius 3 is 2.50 bits per heavy atom. The highest BCUT2D eigenvalue weighted by Crippen LogP contribution is 2.32. The van der Waals surface area contributed by atoms with Crippen LogP contribution in [0.25, 0.3) is 11.3 Å². The monoisotopic (exact) mass is 269 g/mol. The zero-order valence-electron chi connectivity index (χ0n) is 14.3. The lowest BCUT2D eigenvalue weighted by Gasteiger charge is -2.27. The zero-order valence-corrected chi connectivity index (χ0v) is 13.3. The van der Waals surface area contributed by atoms with E-state index in [1.54, 1.807) is 0 Å². The van der Waals surface area contributed by atoms with Crippen LogP contribution in [0.3, 0.4) is 0 Å². The van der Waals surface area contributed by atoms with Crippen LogP contribution in [0.1, 0.15) is 46.1 Å². The van der Waals surface area contributed by atoms with Gasteiger partial charge in [0.15, 0.2) is 6.20 Å². The molecule has 2 aromatic rings. The number of hydrogen-bond donors (Lipinski definition) is 0. The van der Waals surface area contributed by atoms with Crippen LogP contribution in [-0.2, 0) is 12.5 Å². The summed E-state index contributed by atoms with van der Waals surface area (Å²) < 4.78 is 10.4. The van der Waals surface area contributed by atoms with E-state index >= 15 is 0 Å². The predicted octanol–water partition coefficient (Wildman–Crippen LogP) is 4.56. The molecule has 1 heteroatoms. The first kappa shape index (κ1) is 13.4. The minimum Gasteiger partial charge on any atom is -0.201 e. The Bertz CT molecular complexity index is 622. The molecule has 0 radical (unpaired) electrons. The summed E-state index contributed by atoms with van der Waals surface area (Å²) in [6.45, 7) is 8.91. The third-order valence-corrected chi connectivity index (χ3v) is 4.73. The van der Waals surface area contributed by atoms with Crippen molar-refractivity contribution in [3.05, 3.63) is 53.7 Å². The van der Waals surface area contributed by atoms with Gasteiger partial charge in [-0.25, -0.2) is 4.57 Å². The fourth-order valence-electron chi connectivity index (χ4n) is 2.65. The molecule has 2 rings (SSSR count). The van der Waals surface area contributed by atoms with Gasteiger partial charge in [0.1, 0.15) is 7.05 Å². The summed E-state index contributed by atoms with van der Waals surface area (Å²) in [6, 6.07) is 11.0. The zero-order chi connectivity index (χ0) is 15.6. The van der Waals surface area contributed by atoms with Gasteiger partial charge in [-0.1, -0.05) is 39.0 Å². The average molecular weight is 269 g/mol. The Labute approximate surface area is 124 Å². The van der Waals surface area contributed by atoms with Crippen molar-refractivity contribution in [2.45, 2.75) is 46.0 Å². The fraction of sp³-hybridized carbons (Fsp3) is 0.421. The van der Waals surface area contributed by atoms with Gasteiger partial charge in [-0.2, -0.15) is 0 Å². The highest BCUT2D eigenvalue weighted by atomic mass is 14.9. The van der Waals surface area contributed by atoms with Crippen molar-refractivity contribution < 1.29 is 5.94 Å². The molecule has 0 saturated heterocycles. The van der Waals surface area contributed by atoms with E-state index < -0.39 is 0 Å². The summed E-state index contributed by atoms with van der Waals surface area (Å²) in [4.78, 5) is 0. The summed E-state index contributed by atoms with van der Waals surface area (Å²) in [6.07, 6.45) is 4.37. The average Bonchev–Trinajstić information content (AvgIpc) is 2.48. The molecular formula is C19H26N+. The van der Waals surface area contributed by atoms with Gasteiger partial charge < -0.3 is 0 Å². The summed E-state index contributed by atoms with van der Waals surface area (Å²) in [5.41, 5.74) is 4.89. The highest BCUT2D eigenvalue weighted by molar-refractivity contribution is 5.61. The second-order valence-corrected chi connectivity index (χ2v) is 5.91. The first-order valence-electron chi connectivity index (χ1n) is 7.99. The van der Waals surface area contributed by atoms with Crippen molar-refractivity contribution in [3.63, 3.8) is 0 Å². The van der Waals surface area contributed by atoms with Gasteiger partial charge in [0.2, 0.25) is 5.69 Å². The SMILES string of the molecule is [2H]c1cccc(C)c1-c1cc(C(C)(CC)CC)cc[n+]1C. The molecule has 0 N–H and O–H groups in total. The van der Waals surface area contributed by atoms with E-state index in [4.69, 9.17) is 1.37 Å². The van der Waals surface area contributed by atoms with Gasteiger partial charge >= 0.3 is 0 Å². The number of aryl methyl sites for hydroxylation is 2. The van der Waals surface area contributed by atoms with Crippen LogP contribution in [0, 0.1) is 6.92 Å². The van der Waals surface area contributed by atoms with Gasteiger partial charge in [0.05, 0.1) is 1.37 Å². The van der Waals surface area contributed by atoms with Gasteiger partial charge in [-0.15, -0.1) is 0 Å². The maximum absolute atomic E-state index is 8.25. The van der Waals surface area contributed by atoms with Gasteiger partial charge in [-0.3, -0.25) is 0 Å². The molecule has 0 aliphatic heterocycles. The minimum atomic E-state index is 0.202. The van der Waals surface area contributed by atoms with E-state index in [1.807, 2.05) is 12.1 Å². The Morgan fingerprint density at radius 1 is 1.20 bits per heavy atom. The lowest BCUT2D eigenvalue weighted by molar-refractivity contribution is -0.660. The van der Waals surface area contributed by atoms with Crippen LogP contribution >= 0.6 is 0 Å². The summed E-state index contributed by atoms with van der Waals surface area (Å²) in [5.74, 6) is 0. The number of benzene rings is 1. The van der Waals surface area contributed by atoms with E-state index in [9.17, 15) is 0 Å². The molecule has 0 saturated carbocycles. The Kier molecular flexibility index (Phi) is 3.86. The molecule has 0 bridgehead atoms. The van der Waals surface area contributed by atoms with Crippen LogP contribution in [0.4, 0.5) is 0 Å². The second kappa shape index (κ2) is 5.78. The largest absolute Gasteiger partial charge is 0.212 e. The first-order chi connectivity index (χ1) is 9.92. The standard InChI is InChI=1S/C19H26N/c1-6-19(4,7-2)16-12-13-20(5)18(14-16)17-11-9-8-10-15(17)3/h8-14H,6-7H2,1-5H3/q+1/i11D. The van der Waals surface area contributed by atoms with E-state index in [-0.39, 0.29) is 5.41 Å². The summed E-state index contributed by atoms with van der Waals surface area (Å²) in [7, 11) is 2.06. The highest BCUT2D eigenvalue weighted by Gasteiger charge is 2.25. The molecule has 0 aliphatic rings. The molecule has 0 unspecified atom stereocenters. The Morgan fingerprint density at radius 2 is 1.90 bits per heavy atom. The maximum Gasteiger partial charge on any atom is 0.212 e. The van der Waals surface area contributed by atoms with Crippen molar-refractivity contribution >= 4 is 0 Å². The number of hydrogen-bond acceptors (Lipinski definition) is 0. The molecule has 106 valence electrons. The van der Waals surface area contributed by atoms with Crippen molar-refractivity contribution in [3.8, 4) is 11.3 Å². The minimum absolute atomic E-state index is 0.202. The normalized spacial score (nSPS) is 12.3. The molecule has 0 fully saturated rings. The molecule has 1 heterocycles. The third kappa shape index (κ3) is 2.63. The maximum atomic E-state index is 8.25. The van der Waals surface area contributed by atoms with Gasteiger partial charge in [-0.05, 0) is 42.3 Å². The molecule has 0 spiro atoms. The number of pyridine rings is 1. The number of aromatic nitrogens is 1. The summed E-state index contributed by atoms with van der Waals surface area (Å²) in [5, 5.41) is 0. The molecule has 0 amide bonds. The molecular weight excluding hydrogens is 242 g/mol. The van der Waals surface area contributed by atoms with Crippen molar-refractivity contribution in [1.82, 2.24) is 0 Å². The Hall–Kier alpha value is -1.63. The van der Waals surface area contributed by atoms with Crippen LogP contribution in [0.2, 0.25) is 0 Å². The number of rotatable bonds is 4. The quantitative estimate of drug-likeness (QED) is 0.716. The third-order valence-electron chi connectivity index (χ3n) is 4.73. The number of nitrogens with zero attached hydrogens (tertiary/aromatic N) is 1. The Balaban J connectivity index is 2.65. The van der Waals surface area contributed by atoms with Crippen molar-refractivity contribution in [1.29, 1.82) is 0 Å². The second-order valence-electron chi connectivity index (χ2n) is 5.91. The van der Waals surface area contributed by atoms with Crippen LogP contribution in [0.15, 0.2) is 42.6 Å². The van der Waals surface area contributed by atoms with Gasteiger partial charge in [0, 0.05) is 17.7 Å². The van der Waals surface area contributed by atoms with Crippen molar-refractivity contribution in [2.75, 3.05) is 0 Å². The van der Waals surface area contributed by atoms with E-state index in [1.165, 1.54) is 5.56 Å². The van der Waals surface area contributed by atoms with E-state index in [0.717, 1.165) is 29.7 Å². The van der Waals surface area contributed by atoms with Crippen molar-refractivity contribution in [2.24, 2.45) is 7.05 Å². The molecule has 1 aromatic heterocycles. The van der Waals surface area contributed by atoms with Gasteiger partial charge in [0.25, 0.3) is 0 Å². The van der Waals surface area contributed by atoms with E-state index in [0.29, 0.717) is 6.04 Å². The molecule has 0 aliphatic carbocycles. The predicted molar refractivity (Wildman–Crippen MR) is 85.7 cm³/mol. The fourth-order valence-corrected chi connectivity index (χ4v) is 2.65.